The first-order chi connectivity index (χ1) is 17.9. The summed E-state index contributed by atoms with van der Waals surface area (Å²) in [6, 6.07) is 13.6. The quantitative estimate of drug-likeness (QED) is 0.303. The van der Waals surface area contributed by atoms with Crippen LogP contribution in [0.25, 0.3) is 28.2 Å². The van der Waals surface area contributed by atoms with Crippen LogP contribution in [0.1, 0.15) is 23.9 Å². The minimum atomic E-state index is -0.164. The smallest absolute Gasteiger partial charge is 0.276 e. The number of aromatic nitrogens is 4. The summed E-state index contributed by atoms with van der Waals surface area (Å²) in [5.41, 5.74) is 4.61. The van der Waals surface area contributed by atoms with Crippen LogP contribution in [0.4, 0.5) is 0 Å². The molecule has 0 saturated carbocycles. The van der Waals surface area contributed by atoms with Crippen molar-refractivity contribution in [2.45, 2.75) is 26.8 Å². The van der Waals surface area contributed by atoms with Gasteiger partial charge in [0.1, 0.15) is 17.0 Å². The van der Waals surface area contributed by atoms with Crippen LogP contribution in [-0.4, -0.2) is 40.5 Å². The number of ether oxygens (including phenoxy) is 3. The van der Waals surface area contributed by atoms with Crippen molar-refractivity contribution in [3.8, 4) is 40.0 Å². The van der Waals surface area contributed by atoms with Crippen molar-refractivity contribution in [2.75, 3.05) is 21.3 Å². The zero-order valence-electron chi connectivity index (χ0n) is 21.4. The number of aryl methyl sites for hydroxylation is 2. The molecule has 0 radical (unpaired) electrons. The van der Waals surface area contributed by atoms with E-state index < -0.39 is 0 Å². The highest BCUT2D eigenvalue weighted by molar-refractivity contribution is 5.67. The second-order valence-corrected chi connectivity index (χ2v) is 8.58. The Labute approximate surface area is 213 Å². The Morgan fingerprint density at radius 2 is 1.62 bits per heavy atom. The summed E-state index contributed by atoms with van der Waals surface area (Å²) in [5, 5.41) is 4.59. The Bertz CT molecular complexity index is 1600. The number of fused-ring (bicyclic) bond motifs is 1. The van der Waals surface area contributed by atoms with Gasteiger partial charge in [-0.05, 0) is 37.1 Å². The van der Waals surface area contributed by atoms with E-state index in [4.69, 9.17) is 18.6 Å². The lowest BCUT2D eigenvalue weighted by Gasteiger charge is -2.12. The minimum absolute atomic E-state index is 0.164. The van der Waals surface area contributed by atoms with Crippen molar-refractivity contribution in [2.24, 2.45) is 0 Å². The fourth-order valence-corrected chi connectivity index (χ4v) is 4.27. The average molecular weight is 501 g/mol. The van der Waals surface area contributed by atoms with Crippen LogP contribution >= 0.6 is 0 Å². The molecule has 0 bridgehead atoms. The maximum Gasteiger partial charge on any atom is 0.276 e. The number of rotatable bonds is 8. The lowest BCUT2D eigenvalue weighted by Crippen LogP contribution is -2.22. The third-order valence-electron chi connectivity index (χ3n) is 6.39. The molecule has 9 heteroatoms. The highest BCUT2D eigenvalue weighted by atomic mass is 16.5. The van der Waals surface area contributed by atoms with E-state index in [1.54, 1.807) is 54.9 Å². The molecule has 3 aromatic heterocycles. The highest BCUT2D eigenvalue weighted by Crippen LogP contribution is 2.41. The molecule has 5 aromatic rings. The zero-order chi connectivity index (χ0) is 26.1. The molecule has 0 aliphatic rings. The van der Waals surface area contributed by atoms with Gasteiger partial charge in [0.15, 0.2) is 11.5 Å². The van der Waals surface area contributed by atoms with Crippen molar-refractivity contribution in [1.82, 2.24) is 19.2 Å². The second kappa shape index (κ2) is 9.85. The number of hydrogen-bond acceptors (Lipinski definition) is 7. The van der Waals surface area contributed by atoms with Crippen LogP contribution < -0.4 is 19.8 Å². The van der Waals surface area contributed by atoms with Gasteiger partial charge in [0, 0.05) is 23.5 Å². The van der Waals surface area contributed by atoms with Crippen molar-refractivity contribution in [3.05, 3.63) is 82.2 Å². The second-order valence-electron chi connectivity index (χ2n) is 8.58. The van der Waals surface area contributed by atoms with Gasteiger partial charge >= 0.3 is 0 Å². The Kier molecular flexibility index (Phi) is 6.43. The van der Waals surface area contributed by atoms with Gasteiger partial charge in [0.25, 0.3) is 5.56 Å². The van der Waals surface area contributed by atoms with E-state index in [2.05, 4.69) is 29.1 Å². The molecular weight excluding hydrogens is 472 g/mol. The summed E-state index contributed by atoms with van der Waals surface area (Å²) < 4.78 is 25.5. The SMILES string of the molecule is CCc1ccc(-c2cc3c(=O)n(Cc4nc(-c5cc(OC)c(OC)c(OC)c5)oc4C)ccn3n2)cc1. The van der Waals surface area contributed by atoms with Gasteiger partial charge in [-0.25, -0.2) is 9.50 Å². The first kappa shape index (κ1) is 24.2. The van der Waals surface area contributed by atoms with Gasteiger partial charge in [-0.2, -0.15) is 5.10 Å². The molecule has 0 unspecified atom stereocenters. The van der Waals surface area contributed by atoms with Gasteiger partial charge in [-0.1, -0.05) is 31.2 Å². The normalized spacial score (nSPS) is 11.2. The lowest BCUT2D eigenvalue weighted by atomic mass is 10.1. The molecule has 0 fully saturated rings. The largest absolute Gasteiger partial charge is 0.493 e. The number of oxazole rings is 1. The van der Waals surface area contributed by atoms with Crippen molar-refractivity contribution < 1.29 is 18.6 Å². The Morgan fingerprint density at radius 3 is 2.24 bits per heavy atom. The van der Waals surface area contributed by atoms with E-state index in [0.717, 1.165) is 17.7 Å². The Balaban J connectivity index is 1.47. The maximum absolute atomic E-state index is 13.3. The molecular formula is C28H28N4O5. The summed E-state index contributed by atoms with van der Waals surface area (Å²) in [5.74, 6) is 2.48. The minimum Gasteiger partial charge on any atom is -0.493 e. The van der Waals surface area contributed by atoms with Gasteiger partial charge in [0.2, 0.25) is 11.6 Å². The average Bonchev–Trinajstić information content (AvgIpc) is 3.53. The van der Waals surface area contributed by atoms with E-state index >= 15 is 0 Å². The summed E-state index contributed by atoms with van der Waals surface area (Å²) >= 11 is 0. The lowest BCUT2D eigenvalue weighted by molar-refractivity contribution is 0.324. The first-order valence-corrected chi connectivity index (χ1v) is 11.9. The summed E-state index contributed by atoms with van der Waals surface area (Å²) in [6.45, 7) is 4.19. The summed E-state index contributed by atoms with van der Waals surface area (Å²) in [4.78, 5) is 18.0. The monoisotopic (exact) mass is 500 g/mol. The summed E-state index contributed by atoms with van der Waals surface area (Å²) in [6.07, 6.45) is 4.45. The van der Waals surface area contributed by atoms with Crippen molar-refractivity contribution in [3.63, 3.8) is 0 Å². The Morgan fingerprint density at radius 1 is 0.919 bits per heavy atom. The van der Waals surface area contributed by atoms with Crippen LogP contribution in [-0.2, 0) is 13.0 Å². The van der Waals surface area contributed by atoms with Crippen LogP contribution in [0.15, 0.2) is 64.1 Å². The van der Waals surface area contributed by atoms with Gasteiger partial charge < -0.3 is 23.2 Å². The van der Waals surface area contributed by atoms with Crippen molar-refractivity contribution in [1.29, 1.82) is 0 Å². The number of benzene rings is 2. The molecule has 5 rings (SSSR count). The molecule has 37 heavy (non-hydrogen) atoms. The van der Waals surface area contributed by atoms with Crippen LogP contribution in [0.5, 0.6) is 17.2 Å². The molecule has 9 nitrogen and oxygen atoms in total. The maximum atomic E-state index is 13.3. The zero-order valence-corrected chi connectivity index (χ0v) is 21.4. The van der Waals surface area contributed by atoms with Crippen molar-refractivity contribution >= 4 is 5.52 Å². The fraction of sp³-hybridized carbons (Fsp3) is 0.250. The van der Waals surface area contributed by atoms with Crippen LogP contribution in [0.3, 0.4) is 0 Å². The predicted molar refractivity (Wildman–Crippen MR) is 140 cm³/mol. The van der Waals surface area contributed by atoms with E-state index in [0.29, 0.717) is 45.7 Å². The van der Waals surface area contributed by atoms with Gasteiger partial charge in [-0.15, -0.1) is 0 Å². The standard InChI is InChI=1S/C28H28N4O5/c1-6-18-7-9-19(10-8-18)21-15-23-28(33)31(11-12-32(23)30-21)16-22-17(2)37-27(29-22)20-13-24(34-3)26(36-5)25(14-20)35-4/h7-15H,6,16H2,1-5H3. The van der Waals surface area contributed by atoms with E-state index in [-0.39, 0.29) is 12.1 Å². The first-order valence-electron chi connectivity index (χ1n) is 11.9. The third kappa shape index (κ3) is 4.44. The Hall–Kier alpha value is -4.53. The molecule has 0 N–H and O–H groups in total. The number of nitrogens with zero attached hydrogens (tertiary/aromatic N) is 4. The fourth-order valence-electron chi connectivity index (χ4n) is 4.27. The number of methoxy groups -OCH3 is 3. The predicted octanol–water partition coefficient (Wildman–Crippen LogP) is 4.76. The third-order valence-corrected chi connectivity index (χ3v) is 6.39. The molecule has 0 aliphatic carbocycles. The molecule has 3 heterocycles. The highest BCUT2D eigenvalue weighted by Gasteiger charge is 2.19. The molecule has 0 spiro atoms. The molecule has 190 valence electrons. The van der Waals surface area contributed by atoms with Gasteiger partial charge in [-0.3, -0.25) is 4.79 Å². The topological polar surface area (TPSA) is 93.0 Å². The van der Waals surface area contributed by atoms with Gasteiger partial charge in [0.05, 0.1) is 33.6 Å². The van der Waals surface area contributed by atoms with Crippen LogP contribution in [0.2, 0.25) is 0 Å². The van der Waals surface area contributed by atoms with Crippen LogP contribution in [0, 0.1) is 6.92 Å². The van der Waals surface area contributed by atoms with E-state index in [1.807, 2.05) is 25.1 Å². The molecule has 2 aromatic carbocycles. The number of hydrogen-bond donors (Lipinski definition) is 0. The molecule has 0 atom stereocenters. The molecule has 0 amide bonds. The van der Waals surface area contributed by atoms with E-state index in [9.17, 15) is 4.79 Å². The molecule has 0 aliphatic heterocycles. The van der Waals surface area contributed by atoms with E-state index in [1.165, 1.54) is 5.56 Å². The molecule has 0 saturated heterocycles. The summed E-state index contributed by atoms with van der Waals surface area (Å²) in [7, 11) is 4.66.